The van der Waals surface area contributed by atoms with Gasteiger partial charge in [-0.15, -0.1) is 0 Å². The van der Waals surface area contributed by atoms with Gasteiger partial charge in [0.15, 0.2) is 12.4 Å². The van der Waals surface area contributed by atoms with E-state index < -0.39 is 5.91 Å². The Balaban J connectivity index is 2.00. The van der Waals surface area contributed by atoms with E-state index in [-0.39, 0.29) is 18.3 Å². The summed E-state index contributed by atoms with van der Waals surface area (Å²) in [6.45, 7) is 2.52. The van der Waals surface area contributed by atoms with E-state index in [1.807, 2.05) is 0 Å². The summed E-state index contributed by atoms with van der Waals surface area (Å²) in [6, 6.07) is 11.3. The van der Waals surface area contributed by atoms with Crippen LogP contribution in [0.4, 0.5) is 11.4 Å². The molecule has 0 atom stereocenters. The van der Waals surface area contributed by atoms with Gasteiger partial charge in [-0.2, -0.15) is 0 Å². The first-order chi connectivity index (χ1) is 11.8. The van der Waals surface area contributed by atoms with Crippen molar-refractivity contribution in [1.82, 2.24) is 0 Å². The van der Waals surface area contributed by atoms with E-state index in [0.29, 0.717) is 27.7 Å². The van der Waals surface area contributed by atoms with Crippen LogP contribution in [0, 0.1) is 0 Å². The van der Waals surface area contributed by atoms with Crippen LogP contribution in [-0.2, 0) is 9.59 Å². The number of anilines is 2. The van der Waals surface area contributed by atoms with Crippen LogP contribution in [-0.4, -0.2) is 24.2 Å². The lowest BCUT2D eigenvalue weighted by Crippen LogP contribution is -2.21. The number of Topliss-reactive ketones (excluding diaryl/α,β-unsaturated/α-hetero) is 1. The maximum absolute atomic E-state index is 12.0. The number of benzene rings is 2. The lowest BCUT2D eigenvalue weighted by molar-refractivity contribution is -0.118. The third-order valence-electron chi connectivity index (χ3n) is 3.15. The highest BCUT2D eigenvalue weighted by Gasteiger charge is 2.11. The van der Waals surface area contributed by atoms with Crippen molar-refractivity contribution in [1.29, 1.82) is 0 Å². The van der Waals surface area contributed by atoms with Crippen molar-refractivity contribution in [3.8, 4) is 5.75 Å². The highest BCUT2D eigenvalue weighted by Crippen LogP contribution is 2.23. The Hall–Kier alpha value is -2.86. The summed E-state index contributed by atoms with van der Waals surface area (Å²) >= 11 is 5.86. The first kappa shape index (κ1) is 18.5. The molecule has 0 fully saturated rings. The molecule has 7 heteroatoms. The molecule has 2 N–H and O–H groups in total. The van der Waals surface area contributed by atoms with E-state index in [0.717, 1.165) is 0 Å². The zero-order valence-electron chi connectivity index (χ0n) is 13.8. The number of carbonyl (C=O) groups is 3. The summed E-state index contributed by atoms with van der Waals surface area (Å²) in [5.41, 5.74) is 1.40. The lowest BCUT2D eigenvalue weighted by atomic mass is 10.1. The van der Waals surface area contributed by atoms with Crippen LogP contribution in [0.5, 0.6) is 5.75 Å². The van der Waals surface area contributed by atoms with Crippen LogP contribution in [0.1, 0.15) is 24.2 Å². The molecule has 2 aromatic carbocycles. The fraction of sp³-hybridized carbons (Fsp3) is 0.167. The van der Waals surface area contributed by atoms with Crippen LogP contribution in [0.2, 0.25) is 5.02 Å². The lowest BCUT2D eigenvalue weighted by Gasteiger charge is -2.11. The second kappa shape index (κ2) is 8.30. The van der Waals surface area contributed by atoms with Crippen molar-refractivity contribution >= 4 is 40.6 Å². The summed E-state index contributed by atoms with van der Waals surface area (Å²) in [4.78, 5) is 34.7. The van der Waals surface area contributed by atoms with Gasteiger partial charge in [-0.05, 0) is 43.3 Å². The summed E-state index contributed by atoms with van der Waals surface area (Å²) in [5.74, 6) is -0.518. The van der Waals surface area contributed by atoms with Gasteiger partial charge in [0, 0.05) is 23.3 Å². The first-order valence-corrected chi connectivity index (χ1v) is 7.84. The topological polar surface area (TPSA) is 84.5 Å². The first-order valence-electron chi connectivity index (χ1n) is 7.46. The van der Waals surface area contributed by atoms with E-state index in [2.05, 4.69) is 10.6 Å². The third-order valence-corrected chi connectivity index (χ3v) is 3.38. The zero-order chi connectivity index (χ0) is 18.4. The number of carbonyl (C=O) groups excluding carboxylic acids is 3. The molecule has 6 nitrogen and oxygen atoms in total. The molecule has 2 aromatic rings. The Bertz CT molecular complexity index is 820. The summed E-state index contributed by atoms with van der Waals surface area (Å²) < 4.78 is 5.42. The van der Waals surface area contributed by atoms with Crippen LogP contribution in [0.15, 0.2) is 42.5 Å². The highest BCUT2D eigenvalue weighted by atomic mass is 35.5. The molecule has 130 valence electrons. The largest absolute Gasteiger partial charge is 0.483 e. The van der Waals surface area contributed by atoms with Crippen LogP contribution in [0.3, 0.4) is 0 Å². The van der Waals surface area contributed by atoms with Crippen LogP contribution >= 0.6 is 11.6 Å². The number of rotatable bonds is 6. The molecule has 0 heterocycles. The molecule has 25 heavy (non-hydrogen) atoms. The minimum absolute atomic E-state index is 0.202. The predicted octanol–water partition coefficient (Wildman–Crippen LogP) is 3.52. The average molecular weight is 361 g/mol. The molecular weight excluding hydrogens is 344 g/mol. The molecule has 0 radical (unpaired) electrons. The van der Waals surface area contributed by atoms with E-state index in [1.165, 1.54) is 19.9 Å². The molecule has 0 aromatic heterocycles. The van der Waals surface area contributed by atoms with Gasteiger partial charge in [0.25, 0.3) is 5.91 Å². The van der Waals surface area contributed by atoms with Crippen molar-refractivity contribution in [3.05, 3.63) is 53.1 Å². The molecule has 0 aliphatic carbocycles. The monoisotopic (exact) mass is 360 g/mol. The minimum Gasteiger partial charge on any atom is -0.483 e. The fourth-order valence-corrected chi connectivity index (χ4v) is 2.29. The van der Waals surface area contributed by atoms with E-state index >= 15 is 0 Å². The van der Waals surface area contributed by atoms with Crippen LogP contribution < -0.4 is 15.4 Å². The van der Waals surface area contributed by atoms with Gasteiger partial charge in [-0.25, -0.2) is 0 Å². The zero-order valence-corrected chi connectivity index (χ0v) is 14.5. The van der Waals surface area contributed by atoms with Crippen molar-refractivity contribution < 1.29 is 19.1 Å². The molecule has 2 amide bonds. The van der Waals surface area contributed by atoms with Gasteiger partial charge in [0.2, 0.25) is 5.91 Å². The SMILES string of the molecule is CC(=O)Nc1cccc(NC(=O)COc2ccc(Cl)cc2C(C)=O)c1. The molecule has 0 bridgehead atoms. The van der Waals surface area contributed by atoms with Crippen molar-refractivity contribution in [2.75, 3.05) is 17.2 Å². The van der Waals surface area contributed by atoms with Gasteiger partial charge in [-0.3, -0.25) is 14.4 Å². The molecule has 0 spiro atoms. The summed E-state index contributed by atoms with van der Waals surface area (Å²) in [5, 5.41) is 5.70. The number of halogens is 1. The maximum atomic E-state index is 12.0. The summed E-state index contributed by atoms with van der Waals surface area (Å²) in [7, 11) is 0. The second-order valence-electron chi connectivity index (χ2n) is 5.30. The van der Waals surface area contributed by atoms with Gasteiger partial charge in [0.05, 0.1) is 5.56 Å². The molecular formula is C18H17ClN2O4. The summed E-state index contributed by atoms with van der Waals surface area (Å²) in [6.07, 6.45) is 0. The number of amides is 2. The number of ether oxygens (including phenoxy) is 1. The average Bonchev–Trinajstić information content (AvgIpc) is 2.53. The van der Waals surface area contributed by atoms with E-state index in [1.54, 1.807) is 36.4 Å². The molecule has 2 rings (SSSR count). The fourth-order valence-electron chi connectivity index (χ4n) is 2.12. The molecule has 0 saturated heterocycles. The second-order valence-corrected chi connectivity index (χ2v) is 5.73. The standard InChI is InChI=1S/C18H17ClN2O4/c1-11(22)16-8-13(19)6-7-17(16)25-10-18(24)21-15-5-3-4-14(9-15)20-12(2)23/h3-9H,10H2,1-2H3,(H,20,23)(H,21,24). The normalized spacial score (nSPS) is 10.0. The van der Waals surface area contributed by atoms with Gasteiger partial charge in [0.1, 0.15) is 5.75 Å². The molecule has 0 aliphatic heterocycles. The van der Waals surface area contributed by atoms with Crippen molar-refractivity contribution in [2.24, 2.45) is 0 Å². The van der Waals surface area contributed by atoms with Gasteiger partial charge in [-0.1, -0.05) is 17.7 Å². The Labute approximate surface area is 150 Å². The molecule has 0 unspecified atom stereocenters. The molecule has 0 saturated carbocycles. The van der Waals surface area contributed by atoms with E-state index in [4.69, 9.17) is 16.3 Å². The Morgan fingerprint density at radius 3 is 2.32 bits per heavy atom. The Kier molecular flexibility index (Phi) is 6.14. The van der Waals surface area contributed by atoms with Gasteiger partial charge < -0.3 is 15.4 Å². The Morgan fingerprint density at radius 2 is 1.68 bits per heavy atom. The number of hydrogen-bond acceptors (Lipinski definition) is 4. The number of ketones is 1. The highest BCUT2D eigenvalue weighted by molar-refractivity contribution is 6.31. The van der Waals surface area contributed by atoms with Crippen molar-refractivity contribution in [3.63, 3.8) is 0 Å². The molecule has 0 aliphatic rings. The van der Waals surface area contributed by atoms with Crippen molar-refractivity contribution in [2.45, 2.75) is 13.8 Å². The number of nitrogens with one attached hydrogen (secondary N) is 2. The minimum atomic E-state index is -0.399. The predicted molar refractivity (Wildman–Crippen MR) is 96.3 cm³/mol. The smallest absolute Gasteiger partial charge is 0.262 e. The quantitative estimate of drug-likeness (QED) is 0.772. The van der Waals surface area contributed by atoms with E-state index in [9.17, 15) is 14.4 Å². The number of hydrogen-bond donors (Lipinski definition) is 2. The Morgan fingerprint density at radius 1 is 1.00 bits per heavy atom. The van der Waals surface area contributed by atoms with Crippen LogP contribution in [0.25, 0.3) is 0 Å². The van der Waals surface area contributed by atoms with Gasteiger partial charge >= 0.3 is 0 Å². The maximum Gasteiger partial charge on any atom is 0.262 e. The third kappa shape index (κ3) is 5.61.